The summed E-state index contributed by atoms with van der Waals surface area (Å²) in [6, 6.07) is 8.20. The van der Waals surface area contributed by atoms with E-state index in [0.717, 1.165) is 18.7 Å². The summed E-state index contributed by atoms with van der Waals surface area (Å²) in [7, 11) is 0. The summed E-state index contributed by atoms with van der Waals surface area (Å²) in [6.07, 6.45) is 0. The fourth-order valence-corrected chi connectivity index (χ4v) is 2.03. The standard InChI is InChI=1S/C15H26N2O.ClH/c1-5-17(6-2)13-9-7-12(8-10-13)14(16)15(3,4)11-18;/h7-10,14,18H,5-6,11,16H2,1-4H3;1H/t14-;/m1./s1. The van der Waals surface area contributed by atoms with Gasteiger partial charge in [-0.05, 0) is 31.5 Å². The topological polar surface area (TPSA) is 49.5 Å². The summed E-state index contributed by atoms with van der Waals surface area (Å²) >= 11 is 0. The minimum atomic E-state index is -0.295. The zero-order valence-electron chi connectivity index (χ0n) is 12.4. The van der Waals surface area contributed by atoms with Crippen molar-refractivity contribution in [2.45, 2.75) is 33.7 Å². The second-order valence-corrected chi connectivity index (χ2v) is 5.39. The monoisotopic (exact) mass is 286 g/mol. The first-order chi connectivity index (χ1) is 8.46. The van der Waals surface area contributed by atoms with Crippen molar-refractivity contribution in [3.8, 4) is 0 Å². The van der Waals surface area contributed by atoms with Crippen LogP contribution in [0.4, 0.5) is 5.69 Å². The van der Waals surface area contributed by atoms with Crippen LogP contribution in [0.25, 0.3) is 0 Å². The van der Waals surface area contributed by atoms with E-state index >= 15 is 0 Å². The largest absolute Gasteiger partial charge is 0.396 e. The van der Waals surface area contributed by atoms with Crippen molar-refractivity contribution in [3.63, 3.8) is 0 Å². The van der Waals surface area contributed by atoms with Crippen molar-refractivity contribution >= 4 is 18.1 Å². The van der Waals surface area contributed by atoms with Gasteiger partial charge in [0.25, 0.3) is 0 Å². The number of rotatable bonds is 6. The molecule has 0 spiro atoms. The quantitative estimate of drug-likeness (QED) is 0.845. The maximum atomic E-state index is 9.36. The Bertz CT molecular complexity index is 361. The van der Waals surface area contributed by atoms with Gasteiger partial charge in [0.15, 0.2) is 0 Å². The molecular formula is C15H27ClN2O. The lowest BCUT2D eigenvalue weighted by molar-refractivity contribution is 0.132. The van der Waals surface area contributed by atoms with E-state index in [9.17, 15) is 5.11 Å². The van der Waals surface area contributed by atoms with Gasteiger partial charge in [-0.2, -0.15) is 0 Å². The molecule has 1 atom stereocenters. The van der Waals surface area contributed by atoms with Crippen LogP contribution in [0, 0.1) is 5.41 Å². The first-order valence-corrected chi connectivity index (χ1v) is 6.67. The minimum Gasteiger partial charge on any atom is -0.396 e. The molecule has 0 unspecified atom stereocenters. The predicted molar refractivity (Wildman–Crippen MR) is 85.0 cm³/mol. The van der Waals surface area contributed by atoms with Gasteiger partial charge in [-0.3, -0.25) is 0 Å². The van der Waals surface area contributed by atoms with E-state index in [1.165, 1.54) is 5.69 Å². The van der Waals surface area contributed by atoms with Gasteiger partial charge in [-0.15, -0.1) is 12.4 Å². The smallest absolute Gasteiger partial charge is 0.0500 e. The Morgan fingerprint density at radius 2 is 1.63 bits per heavy atom. The Labute approximate surface area is 123 Å². The number of benzene rings is 1. The van der Waals surface area contributed by atoms with Crippen molar-refractivity contribution in [1.29, 1.82) is 0 Å². The summed E-state index contributed by atoms with van der Waals surface area (Å²) in [5.74, 6) is 0. The van der Waals surface area contributed by atoms with Crippen LogP contribution in [-0.4, -0.2) is 24.8 Å². The molecule has 0 amide bonds. The summed E-state index contributed by atoms with van der Waals surface area (Å²) in [6.45, 7) is 10.4. The first kappa shape index (κ1) is 18.2. The lowest BCUT2D eigenvalue weighted by Gasteiger charge is -2.30. The maximum absolute atomic E-state index is 9.36. The predicted octanol–water partition coefficient (Wildman–Crippen LogP) is 2.97. The van der Waals surface area contributed by atoms with E-state index in [4.69, 9.17) is 5.73 Å². The van der Waals surface area contributed by atoms with Gasteiger partial charge >= 0.3 is 0 Å². The Kier molecular flexibility index (Phi) is 7.42. The van der Waals surface area contributed by atoms with Crippen molar-refractivity contribution in [3.05, 3.63) is 29.8 Å². The lowest BCUT2D eigenvalue weighted by Crippen LogP contribution is -2.32. The Morgan fingerprint density at radius 3 is 2.00 bits per heavy atom. The number of aliphatic hydroxyl groups is 1. The fraction of sp³-hybridized carbons (Fsp3) is 0.600. The van der Waals surface area contributed by atoms with E-state index in [2.05, 4.69) is 43.0 Å². The zero-order chi connectivity index (χ0) is 13.8. The zero-order valence-corrected chi connectivity index (χ0v) is 13.2. The van der Waals surface area contributed by atoms with Gasteiger partial charge in [-0.1, -0.05) is 26.0 Å². The molecule has 19 heavy (non-hydrogen) atoms. The van der Waals surface area contributed by atoms with E-state index in [1.54, 1.807) is 0 Å². The number of hydrogen-bond donors (Lipinski definition) is 2. The summed E-state index contributed by atoms with van der Waals surface area (Å²) in [5.41, 5.74) is 8.20. The molecule has 1 aromatic rings. The van der Waals surface area contributed by atoms with Gasteiger partial charge in [0.2, 0.25) is 0 Å². The SMILES string of the molecule is CCN(CC)c1ccc([C@@H](N)C(C)(C)CO)cc1.Cl. The van der Waals surface area contributed by atoms with Crippen molar-refractivity contribution < 1.29 is 5.11 Å². The third kappa shape index (κ3) is 4.37. The Balaban J connectivity index is 0.00000324. The molecule has 3 N–H and O–H groups in total. The molecule has 0 aliphatic rings. The third-order valence-electron chi connectivity index (χ3n) is 3.63. The highest BCUT2D eigenvalue weighted by molar-refractivity contribution is 5.85. The molecule has 0 saturated heterocycles. The Hall–Kier alpha value is -0.770. The van der Waals surface area contributed by atoms with Gasteiger partial charge in [-0.25, -0.2) is 0 Å². The van der Waals surface area contributed by atoms with E-state index in [1.807, 2.05) is 13.8 Å². The summed E-state index contributed by atoms with van der Waals surface area (Å²) in [5, 5.41) is 9.36. The first-order valence-electron chi connectivity index (χ1n) is 6.67. The molecule has 1 rings (SSSR count). The maximum Gasteiger partial charge on any atom is 0.0500 e. The average Bonchev–Trinajstić information content (AvgIpc) is 2.40. The molecule has 110 valence electrons. The molecule has 1 aromatic carbocycles. The van der Waals surface area contributed by atoms with E-state index < -0.39 is 0 Å². The molecule has 0 bridgehead atoms. The average molecular weight is 287 g/mol. The highest BCUT2D eigenvalue weighted by atomic mass is 35.5. The molecule has 0 radical (unpaired) electrons. The van der Waals surface area contributed by atoms with Gasteiger partial charge < -0.3 is 15.7 Å². The van der Waals surface area contributed by atoms with Crippen LogP contribution in [-0.2, 0) is 0 Å². The van der Waals surface area contributed by atoms with Crippen LogP contribution in [0.3, 0.4) is 0 Å². The Morgan fingerprint density at radius 1 is 1.16 bits per heavy atom. The van der Waals surface area contributed by atoms with E-state index in [-0.39, 0.29) is 30.5 Å². The van der Waals surface area contributed by atoms with E-state index in [0.29, 0.717) is 0 Å². The second-order valence-electron chi connectivity index (χ2n) is 5.39. The van der Waals surface area contributed by atoms with Crippen LogP contribution in [0.1, 0.15) is 39.3 Å². The molecule has 0 aliphatic carbocycles. The number of hydrogen-bond acceptors (Lipinski definition) is 3. The molecule has 0 aromatic heterocycles. The molecule has 3 nitrogen and oxygen atoms in total. The number of anilines is 1. The third-order valence-corrected chi connectivity index (χ3v) is 3.63. The molecule has 0 heterocycles. The van der Waals surface area contributed by atoms with Gasteiger partial charge in [0.1, 0.15) is 0 Å². The fourth-order valence-electron chi connectivity index (χ4n) is 2.03. The number of nitrogens with two attached hydrogens (primary N) is 1. The van der Waals surface area contributed by atoms with Crippen molar-refractivity contribution in [1.82, 2.24) is 0 Å². The highest BCUT2D eigenvalue weighted by Crippen LogP contribution is 2.31. The summed E-state index contributed by atoms with van der Waals surface area (Å²) < 4.78 is 0. The molecule has 0 fully saturated rings. The molecule has 0 saturated carbocycles. The van der Waals surface area contributed by atoms with Crippen LogP contribution in [0.15, 0.2) is 24.3 Å². The highest BCUT2D eigenvalue weighted by Gasteiger charge is 2.26. The van der Waals surface area contributed by atoms with Gasteiger partial charge in [0.05, 0.1) is 0 Å². The van der Waals surface area contributed by atoms with Crippen LogP contribution < -0.4 is 10.6 Å². The van der Waals surface area contributed by atoms with Crippen LogP contribution in [0.2, 0.25) is 0 Å². The summed E-state index contributed by atoms with van der Waals surface area (Å²) in [4.78, 5) is 2.30. The van der Waals surface area contributed by atoms with Crippen LogP contribution in [0.5, 0.6) is 0 Å². The molecule has 4 heteroatoms. The lowest BCUT2D eigenvalue weighted by atomic mass is 9.82. The van der Waals surface area contributed by atoms with Crippen molar-refractivity contribution in [2.24, 2.45) is 11.1 Å². The normalized spacial score (nSPS) is 12.7. The van der Waals surface area contributed by atoms with Crippen molar-refractivity contribution in [2.75, 3.05) is 24.6 Å². The van der Waals surface area contributed by atoms with Crippen LogP contribution >= 0.6 is 12.4 Å². The molecular weight excluding hydrogens is 260 g/mol. The van der Waals surface area contributed by atoms with Gasteiger partial charge in [0, 0.05) is 36.8 Å². The minimum absolute atomic E-state index is 0. The molecule has 0 aliphatic heterocycles. The number of nitrogens with zero attached hydrogens (tertiary/aromatic N) is 1. The second kappa shape index (κ2) is 7.73. The number of halogens is 1. The number of aliphatic hydroxyl groups excluding tert-OH is 1.